The van der Waals surface area contributed by atoms with Gasteiger partial charge in [-0.05, 0) is 53.0 Å². The van der Waals surface area contributed by atoms with Crippen molar-refractivity contribution in [2.24, 2.45) is 0 Å². The highest BCUT2D eigenvalue weighted by Gasteiger charge is 2.31. The van der Waals surface area contributed by atoms with Crippen molar-refractivity contribution in [1.29, 1.82) is 0 Å². The van der Waals surface area contributed by atoms with Crippen LogP contribution in [0.1, 0.15) is 45.9 Å². The summed E-state index contributed by atoms with van der Waals surface area (Å²) in [6, 6.07) is 1.76. The lowest BCUT2D eigenvalue weighted by Gasteiger charge is -2.37. The van der Waals surface area contributed by atoms with Gasteiger partial charge in [0.1, 0.15) is 17.7 Å². The number of aromatic nitrogens is 2. The van der Waals surface area contributed by atoms with Gasteiger partial charge in [-0.15, -0.1) is 0 Å². The van der Waals surface area contributed by atoms with Crippen LogP contribution in [0, 0.1) is 6.92 Å². The number of piperidine rings is 1. The Bertz CT molecular complexity index is 481. The van der Waals surface area contributed by atoms with E-state index < -0.39 is 0 Å². The Morgan fingerprint density at radius 3 is 2.80 bits per heavy atom. The topological polar surface area (TPSA) is 58.1 Å². The van der Waals surface area contributed by atoms with Crippen LogP contribution < -0.4 is 10.2 Å². The van der Waals surface area contributed by atoms with Crippen LogP contribution in [0.25, 0.3) is 0 Å². The molecule has 0 aliphatic carbocycles. The summed E-state index contributed by atoms with van der Waals surface area (Å²) in [6.45, 7) is 8.77. The first-order chi connectivity index (χ1) is 9.37. The molecule has 1 fully saturated rings. The molecule has 1 aliphatic heterocycles. The van der Waals surface area contributed by atoms with E-state index in [2.05, 4.69) is 20.2 Å². The van der Waals surface area contributed by atoms with E-state index in [4.69, 9.17) is 0 Å². The van der Waals surface area contributed by atoms with E-state index in [0.717, 1.165) is 37.4 Å². The zero-order valence-electron chi connectivity index (χ0n) is 12.8. The first-order valence-corrected chi connectivity index (χ1v) is 7.25. The van der Waals surface area contributed by atoms with E-state index in [9.17, 15) is 4.79 Å². The first kappa shape index (κ1) is 14.8. The minimum atomic E-state index is -0.207. The van der Waals surface area contributed by atoms with Gasteiger partial charge in [0.2, 0.25) is 5.91 Å². The predicted octanol–water partition coefficient (Wildman–Crippen LogP) is 2.06. The lowest BCUT2D eigenvalue weighted by atomic mass is 9.99. The maximum Gasteiger partial charge on any atom is 0.243 e. The number of hydrogen-bond donors (Lipinski definition) is 1. The average molecular weight is 276 g/mol. The van der Waals surface area contributed by atoms with Crippen molar-refractivity contribution in [1.82, 2.24) is 15.3 Å². The second kappa shape index (κ2) is 5.77. The van der Waals surface area contributed by atoms with Crippen molar-refractivity contribution >= 4 is 11.7 Å². The molecule has 5 nitrogen and oxygen atoms in total. The molecule has 5 heteroatoms. The zero-order chi connectivity index (χ0) is 14.8. The van der Waals surface area contributed by atoms with Gasteiger partial charge in [-0.25, -0.2) is 9.97 Å². The minimum absolute atomic E-state index is 0.0912. The molecule has 0 aromatic carbocycles. The van der Waals surface area contributed by atoms with Gasteiger partial charge in [-0.1, -0.05) is 0 Å². The molecule has 0 saturated carbocycles. The van der Waals surface area contributed by atoms with Gasteiger partial charge >= 0.3 is 0 Å². The van der Waals surface area contributed by atoms with E-state index in [1.54, 1.807) is 6.20 Å². The first-order valence-electron chi connectivity index (χ1n) is 7.25. The maximum atomic E-state index is 12.5. The average Bonchev–Trinajstić information content (AvgIpc) is 2.37. The van der Waals surface area contributed by atoms with Gasteiger partial charge < -0.3 is 10.2 Å². The lowest BCUT2D eigenvalue weighted by molar-refractivity contribution is -0.124. The van der Waals surface area contributed by atoms with E-state index in [-0.39, 0.29) is 17.5 Å². The largest absolute Gasteiger partial charge is 0.350 e. The number of hydrogen-bond acceptors (Lipinski definition) is 4. The molecule has 1 aromatic rings. The summed E-state index contributed by atoms with van der Waals surface area (Å²) in [7, 11) is 0. The molecule has 2 rings (SSSR count). The van der Waals surface area contributed by atoms with Crippen molar-refractivity contribution in [3.63, 3.8) is 0 Å². The van der Waals surface area contributed by atoms with Crippen molar-refractivity contribution < 1.29 is 4.79 Å². The van der Waals surface area contributed by atoms with Gasteiger partial charge in [-0.2, -0.15) is 0 Å². The third-order valence-corrected chi connectivity index (χ3v) is 3.36. The molecular weight excluding hydrogens is 252 g/mol. The molecule has 1 saturated heterocycles. The number of nitrogens with one attached hydrogen (secondary N) is 1. The fourth-order valence-corrected chi connectivity index (χ4v) is 2.53. The third-order valence-electron chi connectivity index (χ3n) is 3.36. The number of amides is 1. The lowest BCUT2D eigenvalue weighted by Crippen LogP contribution is -2.54. The summed E-state index contributed by atoms with van der Waals surface area (Å²) >= 11 is 0. The van der Waals surface area contributed by atoms with Crippen LogP contribution in [0.3, 0.4) is 0 Å². The smallest absolute Gasteiger partial charge is 0.243 e. The maximum absolute atomic E-state index is 12.5. The van der Waals surface area contributed by atoms with Crippen LogP contribution in [-0.2, 0) is 4.79 Å². The monoisotopic (exact) mass is 276 g/mol. The molecule has 0 bridgehead atoms. The fraction of sp³-hybridized carbons (Fsp3) is 0.667. The van der Waals surface area contributed by atoms with Gasteiger partial charge in [0.15, 0.2) is 0 Å². The van der Waals surface area contributed by atoms with Crippen molar-refractivity contribution in [3.8, 4) is 0 Å². The molecule has 1 aliphatic rings. The van der Waals surface area contributed by atoms with Crippen LogP contribution in [0.15, 0.2) is 12.3 Å². The summed E-state index contributed by atoms with van der Waals surface area (Å²) in [5, 5.41) is 3.08. The standard InChI is InChI=1S/C15H24N4O/c1-11-16-9-8-13(17-11)19-10-6-5-7-12(19)14(20)18-15(2,3)4/h8-9,12H,5-7,10H2,1-4H3,(H,18,20). The molecule has 110 valence electrons. The summed E-state index contributed by atoms with van der Waals surface area (Å²) in [5.74, 6) is 1.68. The number of rotatable bonds is 2. The number of nitrogens with zero attached hydrogens (tertiary/aromatic N) is 3. The van der Waals surface area contributed by atoms with Crippen molar-refractivity contribution in [2.45, 2.75) is 58.5 Å². The Labute approximate surface area is 120 Å². The molecule has 2 heterocycles. The van der Waals surface area contributed by atoms with Crippen LogP contribution >= 0.6 is 0 Å². The second-order valence-electron chi connectivity index (χ2n) is 6.41. The van der Waals surface area contributed by atoms with Crippen LogP contribution in [0.5, 0.6) is 0 Å². The van der Waals surface area contributed by atoms with E-state index in [0.29, 0.717) is 0 Å². The molecule has 1 unspecified atom stereocenters. The Morgan fingerprint density at radius 1 is 1.40 bits per heavy atom. The summed E-state index contributed by atoms with van der Waals surface area (Å²) < 4.78 is 0. The minimum Gasteiger partial charge on any atom is -0.350 e. The Balaban J connectivity index is 2.19. The molecular formula is C15H24N4O. The van der Waals surface area contributed by atoms with Crippen molar-refractivity contribution in [3.05, 3.63) is 18.1 Å². The van der Waals surface area contributed by atoms with E-state index >= 15 is 0 Å². The summed E-state index contributed by atoms with van der Waals surface area (Å²) in [6.07, 6.45) is 4.82. The quantitative estimate of drug-likeness (QED) is 0.898. The van der Waals surface area contributed by atoms with Crippen molar-refractivity contribution in [2.75, 3.05) is 11.4 Å². The highest BCUT2D eigenvalue weighted by atomic mass is 16.2. The van der Waals surface area contributed by atoms with Crippen LogP contribution in [-0.4, -0.2) is 34.0 Å². The van der Waals surface area contributed by atoms with Crippen LogP contribution in [0.4, 0.5) is 5.82 Å². The van der Waals surface area contributed by atoms with Gasteiger partial charge in [-0.3, -0.25) is 4.79 Å². The zero-order valence-corrected chi connectivity index (χ0v) is 12.8. The Hall–Kier alpha value is -1.65. The molecule has 0 spiro atoms. The van der Waals surface area contributed by atoms with Gasteiger partial charge in [0.25, 0.3) is 0 Å². The van der Waals surface area contributed by atoms with Crippen LogP contribution in [0.2, 0.25) is 0 Å². The number of carbonyl (C=O) groups excluding carboxylic acids is 1. The normalized spacial score (nSPS) is 19.8. The van der Waals surface area contributed by atoms with E-state index in [1.807, 2.05) is 33.8 Å². The van der Waals surface area contributed by atoms with Gasteiger partial charge in [0, 0.05) is 18.3 Å². The Morgan fingerprint density at radius 2 is 2.15 bits per heavy atom. The predicted molar refractivity (Wildman–Crippen MR) is 79.6 cm³/mol. The Kier molecular flexibility index (Phi) is 4.26. The SMILES string of the molecule is Cc1nccc(N2CCCCC2C(=O)NC(C)(C)C)n1. The number of anilines is 1. The highest BCUT2D eigenvalue weighted by Crippen LogP contribution is 2.23. The second-order valence-corrected chi connectivity index (χ2v) is 6.41. The number of aryl methyl sites for hydroxylation is 1. The highest BCUT2D eigenvalue weighted by molar-refractivity contribution is 5.85. The molecule has 1 atom stereocenters. The molecule has 20 heavy (non-hydrogen) atoms. The summed E-state index contributed by atoms with van der Waals surface area (Å²) in [5.41, 5.74) is -0.207. The molecule has 0 radical (unpaired) electrons. The molecule has 1 aromatic heterocycles. The molecule has 1 N–H and O–H groups in total. The fourth-order valence-electron chi connectivity index (χ4n) is 2.53. The molecule has 1 amide bonds. The van der Waals surface area contributed by atoms with E-state index in [1.165, 1.54) is 0 Å². The van der Waals surface area contributed by atoms with Gasteiger partial charge in [0.05, 0.1) is 0 Å². The summed E-state index contributed by atoms with van der Waals surface area (Å²) in [4.78, 5) is 23.2. The number of carbonyl (C=O) groups is 1. The third kappa shape index (κ3) is 3.68.